The van der Waals surface area contributed by atoms with Crippen molar-refractivity contribution < 1.29 is 0 Å². The van der Waals surface area contributed by atoms with Crippen LogP contribution in [0.1, 0.15) is 64.4 Å². The molecule has 1 aromatic rings. The standard InChI is InChI=1S/C19H30N2/c1-4-14(3)18-8-6-7-9-19(18)21-16-10-11-17(21)13-15(12-16)20-5-2/h6-9,14-17,20H,4-5,10-13H2,1-3H3. The number of fused-ring (bicyclic) bond motifs is 2. The van der Waals surface area contributed by atoms with Gasteiger partial charge in [0.25, 0.3) is 0 Å². The summed E-state index contributed by atoms with van der Waals surface area (Å²) in [6, 6.07) is 11.4. The number of para-hydroxylation sites is 1. The summed E-state index contributed by atoms with van der Waals surface area (Å²) < 4.78 is 0. The normalized spacial score (nSPS) is 29.7. The lowest BCUT2D eigenvalue weighted by atomic mass is 9.92. The SMILES string of the molecule is CCNC1CC2CCC(C1)N2c1ccccc1C(C)CC. The highest BCUT2D eigenvalue weighted by molar-refractivity contribution is 5.58. The number of nitrogens with zero attached hydrogens (tertiary/aromatic N) is 1. The van der Waals surface area contributed by atoms with Crippen molar-refractivity contribution in [1.29, 1.82) is 0 Å². The summed E-state index contributed by atoms with van der Waals surface area (Å²) in [5.41, 5.74) is 3.08. The quantitative estimate of drug-likeness (QED) is 0.867. The minimum Gasteiger partial charge on any atom is -0.365 e. The molecule has 1 aromatic carbocycles. The van der Waals surface area contributed by atoms with Gasteiger partial charge in [-0.15, -0.1) is 0 Å². The lowest BCUT2D eigenvalue weighted by Gasteiger charge is -2.42. The molecule has 0 aromatic heterocycles. The van der Waals surface area contributed by atoms with Crippen molar-refractivity contribution in [2.45, 2.75) is 76.9 Å². The molecular weight excluding hydrogens is 256 g/mol. The number of nitrogens with one attached hydrogen (secondary N) is 1. The average Bonchev–Trinajstić information content (AvgIpc) is 2.77. The van der Waals surface area contributed by atoms with Crippen molar-refractivity contribution in [2.75, 3.05) is 11.4 Å². The highest BCUT2D eigenvalue weighted by Crippen LogP contribution is 2.42. The Morgan fingerprint density at radius 1 is 1.14 bits per heavy atom. The van der Waals surface area contributed by atoms with Crippen LogP contribution in [0.5, 0.6) is 0 Å². The molecule has 3 atom stereocenters. The molecule has 3 unspecified atom stereocenters. The fraction of sp³-hybridized carbons (Fsp3) is 0.684. The van der Waals surface area contributed by atoms with E-state index in [4.69, 9.17) is 0 Å². The zero-order valence-electron chi connectivity index (χ0n) is 13.8. The summed E-state index contributed by atoms with van der Waals surface area (Å²) in [6.07, 6.45) is 6.61. The molecule has 0 saturated carbocycles. The van der Waals surface area contributed by atoms with Crippen molar-refractivity contribution in [3.05, 3.63) is 29.8 Å². The minimum absolute atomic E-state index is 0.659. The smallest absolute Gasteiger partial charge is 0.0406 e. The van der Waals surface area contributed by atoms with Crippen molar-refractivity contribution >= 4 is 5.69 Å². The van der Waals surface area contributed by atoms with Crippen LogP contribution in [0.15, 0.2) is 24.3 Å². The molecule has 3 rings (SSSR count). The van der Waals surface area contributed by atoms with E-state index in [2.05, 4.69) is 55.3 Å². The molecule has 2 nitrogen and oxygen atoms in total. The topological polar surface area (TPSA) is 15.3 Å². The number of rotatable bonds is 5. The summed E-state index contributed by atoms with van der Waals surface area (Å²) in [4.78, 5) is 2.77. The van der Waals surface area contributed by atoms with Gasteiger partial charge in [-0.25, -0.2) is 0 Å². The highest BCUT2D eigenvalue weighted by atomic mass is 15.2. The third-order valence-electron chi connectivity index (χ3n) is 5.58. The number of benzene rings is 1. The highest BCUT2D eigenvalue weighted by Gasteiger charge is 2.41. The lowest BCUT2D eigenvalue weighted by Crippen LogP contribution is -2.49. The maximum atomic E-state index is 3.68. The molecule has 0 amide bonds. The van der Waals surface area contributed by atoms with Gasteiger partial charge in [0.15, 0.2) is 0 Å². The van der Waals surface area contributed by atoms with Crippen LogP contribution in [0.4, 0.5) is 5.69 Å². The van der Waals surface area contributed by atoms with Gasteiger partial charge in [0.05, 0.1) is 0 Å². The molecule has 1 N–H and O–H groups in total. The lowest BCUT2D eigenvalue weighted by molar-refractivity contribution is 0.361. The van der Waals surface area contributed by atoms with Gasteiger partial charge in [-0.05, 0) is 56.2 Å². The molecule has 2 saturated heterocycles. The molecule has 2 aliphatic heterocycles. The van der Waals surface area contributed by atoms with E-state index in [1.165, 1.54) is 37.8 Å². The number of anilines is 1. The molecule has 2 heteroatoms. The van der Waals surface area contributed by atoms with Gasteiger partial charge < -0.3 is 10.2 Å². The van der Waals surface area contributed by atoms with E-state index in [-0.39, 0.29) is 0 Å². The second-order valence-electron chi connectivity index (χ2n) is 6.89. The monoisotopic (exact) mass is 286 g/mol. The van der Waals surface area contributed by atoms with Crippen LogP contribution >= 0.6 is 0 Å². The van der Waals surface area contributed by atoms with Crippen LogP contribution in [0.2, 0.25) is 0 Å². The van der Waals surface area contributed by atoms with Gasteiger partial charge >= 0.3 is 0 Å². The molecule has 0 spiro atoms. The van der Waals surface area contributed by atoms with E-state index in [0.717, 1.165) is 24.7 Å². The molecule has 0 aliphatic carbocycles. The number of hydrogen-bond donors (Lipinski definition) is 1. The minimum atomic E-state index is 0.659. The van der Waals surface area contributed by atoms with Crippen molar-refractivity contribution in [2.24, 2.45) is 0 Å². The van der Waals surface area contributed by atoms with Gasteiger partial charge in [-0.3, -0.25) is 0 Å². The maximum absolute atomic E-state index is 3.68. The number of piperidine rings is 1. The summed E-state index contributed by atoms with van der Waals surface area (Å²) in [5.74, 6) is 0.659. The second-order valence-corrected chi connectivity index (χ2v) is 6.89. The fourth-order valence-corrected chi connectivity index (χ4v) is 4.39. The molecule has 2 bridgehead atoms. The Hall–Kier alpha value is -1.02. The number of hydrogen-bond acceptors (Lipinski definition) is 2. The van der Waals surface area contributed by atoms with Crippen LogP contribution in [0.3, 0.4) is 0 Å². The maximum Gasteiger partial charge on any atom is 0.0406 e. The fourth-order valence-electron chi connectivity index (χ4n) is 4.39. The van der Waals surface area contributed by atoms with E-state index in [9.17, 15) is 0 Å². The van der Waals surface area contributed by atoms with Crippen LogP contribution in [0, 0.1) is 0 Å². The van der Waals surface area contributed by atoms with E-state index in [1.54, 1.807) is 5.56 Å². The first-order valence-electron chi connectivity index (χ1n) is 8.85. The average molecular weight is 286 g/mol. The molecular formula is C19H30N2. The molecule has 0 radical (unpaired) electrons. The van der Waals surface area contributed by atoms with Crippen LogP contribution in [-0.2, 0) is 0 Å². The van der Waals surface area contributed by atoms with Gasteiger partial charge in [0.1, 0.15) is 0 Å². The van der Waals surface area contributed by atoms with E-state index >= 15 is 0 Å². The molecule has 2 heterocycles. The Kier molecular flexibility index (Phi) is 4.54. The molecule has 116 valence electrons. The van der Waals surface area contributed by atoms with Gasteiger partial charge in [0, 0.05) is 23.8 Å². The van der Waals surface area contributed by atoms with Crippen molar-refractivity contribution in [3.8, 4) is 0 Å². The Morgan fingerprint density at radius 2 is 1.81 bits per heavy atom. The predicted octanol–water partition coefficient (Wildman–Crippen LogP) is 4.31. The molecule has 2 fully saturated rings. The Balaban J connectivity index is 1.86. The summed E-state index contributed by atoms with van der Waals surface area (Å²) in [7, 11) is 0. The summed E-state index contributed by atoms with van der Waals surface area (Å²) in [5, 5.41) is 3.68. The van der Waals surface area contributed by atoms with Crippen molar-refractivity contribution in [1.82, 2.24) is 5.32 Å². The third-order valence-corrected chi connectivity index (χ3v) is 5.58. The summed E-state index contributed by atoms with van der Waals surface area (Å²) >= 11 is 0. The molecule has 21 heavy (non-hydrogen) atoms. The van der Waals surface area contributed by atoms with Gasteiger partial charge in [-0.2, -0.15) is 0 Å². The Bertz CT molecular complexity index is 456. The van der Waals surface area contributed by atoms with Gasteiger partial charge in [-0.1, -0.05) is 39.0 Å². The van der Waals surface area contributed by atoms with Crippen molar-refractivity contribution in [3.63, 3.8) is 0 Å². The van der Waals surface area contributed by atoms with E-state index < -0.39 is 0 Å². The Morgan fingerprint density at radius 3 is 2.43 bits per heavy atom. The van der Waals surface area contributed by atoms with E-state index in [1.807, 2.05) is 0 Å². The van der Waals surface area contributed by atoms with Crippen LogP contribution in [-0.4, -0.2) is 24.7 Å². The van der Waals surface area contributed by atoms with Crippen LogP contribution in [0.25, 0.3) is 0 Å². The first-order valence-corrected chi connectivity index (χ1v) is 8.85. The second kappa shape index (κ2) is 6.39. The van der Waals surface area contributed by atoms with Gasteiger partial charge in [0.2, 0.25) is 0 Å². The third kappa shape index (κ3) is 2.83. The first-order chi connectivity index (χ1) is 10.2. The zero-order valence-corrected chi connectivity index (χ0v) is 13.8. The molecule has 2 aliphatic rings. The first kappa shape index (κ1) is 14.9. The summed E-state index contributed by atoms with van der Waals surface area (Å²) in [6.45, 7) is 8.00. The zero-order chi connectivity index (χ0) is 14.8. The largest absolute Gasteiger partial charge is 0.365 e. The predicted molar refractivity (Wildman–Crippen MR) is 91.1 cm³/mol. The van der Waals surface area contributed by atoms with Crippen LogP contribution < -0.4 is 10.2 Å². The Labute approximate surface area is 129 Å². The van der Waals surface area contributed by atoms with E-state index in [0.29, 0.717) is 5.92 Å².